The van der Waals surface area contributed by atoms with Crippen LogP contribution in [0.2, 0.25) is 0 Å². The van der Waals surface area contributed by atoms with E-state index in [1.54, 1.807) is 19.3 Å². The number of likely N-dealkylation sites (N-methyl/N-ethyl adjacent to an activating group) is 1. The molecule has 0 bridgehead atoms. The molecular weight excluding hydrogens is 530 g/mol. The minimum absolute atomic E-state index is 0.0774. The van der Waals surface area contributed by atoms with Gasteiger partial charge in [-0.25, -0.2) is 13.8 Å². The number of hydrogen-bond acceptors (Lipinski definition) is 7. The van der Waals surface area contributed by atoms with Gasteiger partial charge in [-0.1, -0.05) is 19.9 Å². The Morgan fingerprint density at radius 3 is 2.61 bits per heavy atom. The van der Waals surface area contributed by atoms with Gasteiger partial charge in [0.2, 0.25) is 0 Å². The third-order valence-corrected chi connectivity index (χ3v) is 7.89. The number of aryl methyl sites for hydroxylation is 1. The molecule has 4 aromatic rings. The number of nitrogens with zero attached hydrogens (tertiary/aromatic N) is 5. The molecule has 1 atom stereocenters. The zero-order valence-electron chi connectivity index (χ0n) is 23.5. The fraction of sp³-hybridized carbons (Fsp3) is 0.333. The molecule has 9 nitrogen and oxygen atoms in total. The molecule has 1 N–H and O–H groups in total. The SMILES string of the molecule is COc1cccc(F)c1-c1nc2c(cc1F)c1c(c(=O)n2-c2c(C)ccnc2C(C)C)N(C)C(=O)[C@H]2CNCCN12. The van der Waals surface area contributed by atoms with E-state index in [-0.39, 0.29) is 40.2 Å². The van der Waals surface area contributed by atoms with Crippen LogP contribution in [0.15, 0.2) is 41.3 Å². The summed E-state index contributed by atoms with van der Waals surface area (Å²) >= 11 is 0. The number of aromatic nitrogens is 3. The number of pyridine rings is 3. The van der Waals surface area contributed by atoms with E-state index in [0.29, 0.717) is 42.1 Å². The molecule has 5 heterocycles. The molecule has 11 heteroatoms. The predicted octanol–water partition coefficient (Wildman–Crippen LogP) is 3.92. The highest BCUT2D eigenvalue weighted by Crippen LogP contribution is 2.42. The number of ether oxygens (including phenoxy) is 1. The molecule has 1 fully saturated rings. The van der Waals surface area contributed by atoms with Gasteiger partial charge in [-0.2, -0.15) is 0 Å². The number of nitrogens with one attached hydrogen (secondary N) is 1. The number of anilines is 2. The van der Waals surface area contributed by atoms with Crippen molar-refractivity contribution in [3.05, 3.63) is 69.8 Å². The molecule has 0 aliphatic carbocycles. The summed E-state index contributed by atoms with van der Waals surface area (Å²) in [6.07, 6.45) is 1.67. The van der Waals surface area contributed by atoms with E-state index >= 15 is 8.78 Å². The third-order valence-electron chi connectivity index (χ3n) is 7.89. The lowest BCUT2D eigenvalue weighted by molar-refractivity contribution is -0.120. The first-order chi connectivity index (χ1) is 19.6. The van der Waals surface area contributed by atoms with Crippen molar-refractivity contribution in [2.75, 3.05) is 43.6 Å². The highest BCUT2D eigenvalue weighted by molar-refractivity contribution is 6.11. The molecule has 0 spiro atoms. The molecule has 2 aliphatic rings. The first-order valence-electron chi connectivity index (χ1n) is 13.5. The van der Waals surface area contributed by atoms with Crippen LogP contribution in [0, 0.1) is 18.6 Å². The van der Waals surface area contributed by atoms with Crippen molar-refractivity contribution in [2.45, 2.75) is 32.7 Å². The second kappa shape index (κ2) is 9.91. The molecule has 1 amide bonds. The van der Waals surface area contributed by atoms with E-state index in [9.17, 15) is 9.59 Å². The van der Waals surface area contributed by atoms with Crippen LogP contribution in [0.5, 0.6) is 5.75 Å². The molecular formula is C30H30F2N6O3. The van der Waals surface area contributed by atoms with Gasteiger partial charge in [0.15, 0.2) is 11.5 Å². The molecule has 1 aromatic carbocycles. The normalized spacial score (nSPS) is 16.8. The minimum Gasteiger partial charge on any atom is -0.496 e. The third kappa shape index (κ3) is 3.98. The van der Waals surface area contributed by atoms with Crippen LogP contribution in [-0.4, -0.2) is 60.3 Å². The van der Waals surface area contributed by atoms with Gasteiger partial charge in [-0.3, -0.25) is 19.1 Å². The molecule has 2 aliphatic heterocycles. The largest absolute Gasteiger partial charge is 0.496 e. The van der Waals surface area contributed by atoms with Gasteiger partial charge >= 0.3 is 0 Å². The van der Waals surface area contributed by atoms with Crippen molar-refractivity contribution in [3.8, 4) is 22.7 Å². The highest BCUT2D eigenvalue weighted by Gasteiger charge is 2.42. The average Bonchev–Trinajstić information content (AvgIpc) is 2.95. The maximum Gasteiger partial charge on any atom is 0.283 e. The van der Waals surface area contributed by atoms with Crippen molar-refractivity contribution in [1.82, 2.24) is 19.9 Å². The van der Waals surface area contributed by atoms with Crippen LogP contribution in [0.3, 0.4) is 0 Å². The monoisotopic (exact) mass is 560 g/mol. The number of halogens is 2. The van der Waals surface area contributed by atoms with E-state index in [4.69, 9.17) is 4.74 Å². The topological polar surface area (TPSA) is 92.6 Å². The van der Waals surface area contributed by atoms with Crippen molar-refractivity contribution < 1.29 is 18.3 Å². The fourth-order valence-electron chi connectivity index (χ4n) is 5.95. The molecule has 6 rings (SSSR count). The standard InChI is InChI=1S/C30H30F2N6O3/c1-15(2)23-25(16(3)9-10-34-23)38-28-17(13-19(32)24(35-28)22-18(31)7-6-8-21(22)41-5)26-27(30(38)40)36(4)29(39)20-14-33-11-12-37(20)26/h6-10,13,15,20,33H,11-12,14H2,1-5H3/t20-/m1/s1. The molecule has 0 unspecified atom stereocenters. The molecule has 0 saturated carbocycles. The Balaban J connectivity index is 1.82. The molecule has 3 aromatic heterocycles. The van der Waals surface area contributed by atoms with Gasteiger partial charge in [-0.15, -0.1) is 0 Å². The number of carbonyl (C=O) groups excluding carboxylic acids is 1. The first kappa shape index (κ1) is 26.8. The van der Waals surface area contributed by atoms with Crippen LogP contribution in [0.4, 0.5) is 20.2 Å². The second-order valence-corrected chi connectivity index (χ2v) is 10.7. The Bertz CT molecular complexity index is 1790. The van der Waals surface area contributed by atoms with Gasteiger partial charge in [-0.05, 0) is 42.7 Å². The second-order valence-electron chi connectivity index (χ2n) is 10.7. The maximum absolute atomic E-state index is 16.1. The quantitative estimate of drug-likeness (QED) is 0.405. The van der Waals surface area contributed by atoms with Gasteiger partial charge in [0.1, 0.15) is 29.0 Å². The highest BCUT2D eigenvalue weighted by atomic mass is 19.1. The molecule has 41 heavy (non-hydrogen) atoms. The summed E-state index contributed by atoms with van der Waals surface area (Å²) in [7, 11) is 2.93. The lowest BCUT2D eigenvalue weighted by Crippen LogP contribution is -2.62. The van der Waals surface area contributed by atoms with Crippen molar-refractivity contribution in [2.24, 2.45) is 0 Å². The summed E-state index contributed by atoms with van der Waals surface area (Å²) in [5, 5.41) is 3.56. The summed E-state index contributed by atoms with van der Waals surface area (Å²) in [5.41, 5.74) is 1.64. The minimum atomic E-state index is -0.786. The van der Waals surface area contributed by atoms with E-state index in [1.165, 1.54) is 40.8 Å². The average molecular weight is 561 g/mol. The first-order valence-corrected chi connectivity index (χ1v) is 13.5. The van der Waals surface area contributed by atoms with Gasteiger partial charge in [0.05, 0.1) is 29.7 Å². The van der Waals surface area contributed by atoms with E-state index in [2.05, 4.69) is 15.3 Å². The Hall–Kier alpha value is -4.38. The van der Waals surface area contributed by atoms with Crippen LogP contribution in [-0.2, 0) is 4.79 Å². The number of rotatable bonds is 4. The van der Waals surface area contributed by atoms with Crippen LogP contribution < -0.4 is 25.4 Å². The number of carbonyl (C=O) groups is 1. The number of piperazine rings is 1. The lowest BCUT2D eigenvalue weighted by Gasteiger charge is -2.44. The summed E-state index contributed by atoms with van der Waals surface area (Å²) < 4.78 is 38.1. The Labute approximate surface area is 235 Å². The van der Waals surface area contributed by atoms with E-state index in [1.807, 2.05) is 25.7 Å². The van der Waals surface area contributed by atoms with Crippen molar-refractivity contribution in [1.29, 1.82) is 0 Å². The Kier molecular flexibility index (Phi) is 6.49. The van der Waals surface area contributed by atoms with Crippen LogP contribution >= 0.6 is 0 Å². The number of fused-ring (bicyclic) bond motifs is 5. The smallest absolute Gasteiger partial charge is 0.283 e. The van der Waals surface area contributed by atoms with Crippen molar-refractivity contribution >= 4 is 28.3 Å². The summed E-state index contributed by atoms with van der Waals surface area (Å²) in [4.78, 5) is 40.5. The number of amides is 1. The van der Waals surface area contributed by atoms with Gasteiger partial charge in [0, 0.05) is 38.3 Å². The number of hydrogen-bond donors (Lipinski definition) is 1. The molecule has 1 saturated heterocycles. The van der Waals surface area contributed by atoms with Crippen LogP contribution in [0.25, 0.3) is 28.0 Å². The lowest BCUT2D eigenvalue weighted by atomic mass is 10.00. The van der Waals surface area contributed by atoms with E-state index < -0.39 is 23.2 Å². The summed E-state index contributed by atoms with van der Waals surface area (Å²) in [5.74, 6) is -1.70. The summed E-state index contributed by atoms with van der Waals surface area (Å²) in [6, 6.07) is 6.69. The summed E-state index contributed by atoms with van der Waals surface area (Å²) in [6.45, 7) is 7.17. The molecule has 212 valence electrons. The zero-order valence-corrected chi connectivity index (χ0v) is 23.5. The van der Waals surface area contributed by atoms with Crippen molar-refractivity contribution in [3.63, 3.8) is 0 Å². The zero-order chi connectivity index (χ0) is 29.2. The predicted molar refractivity (Wildman–Crippen MR) is 153 cm³/mol. The van der Waals surface area contributed by atoms with Gasteiger partial charge in [0.25, 0.3) is 11.5 Å². The van der Waals surface area contributed by atoms with Gasteiger partial charge < -0.3 is 19.9 Å². The van der Waals surface area contributed by atoms with E-state index in [0.717, 1.165) is 5.56 Å². The Morgan fingerprint density at radius 2 is 1.88 bits per heavy atom. The number of methoxy groups -OCH3 is 1. The maximum atomic E-state index is 16.1. The molecule has 0 radical (unpaired) electrons. The number of benzene rings is 1. The van der Waals surface area contributed by atoms with Crippen LogP contribution in [0.1, 0.15) is 31.0 Å². The fourth-order valence-corrected chi connectivity index (χ4v) is 5.95. The Morgan fingerprint density at radius 1 is 1.10 bits per heavy atom.